The first-order valence-electron chi connectivity index (χ1n) is 6.79. The Morgan fingerprint density at radius 3 is 2.38 bits per heavy atom. The van der Waals surface area contributed by atoms with Crippen LogP contribution in [-0.4, -0.2) is 57.0 Å². The highest BCUT2D eigenvalue weighted by Gasteiger charge is 2.29. The molecule has 1 fully saturated rings. The minimum absolute atomic E-state index is 0.00209. The SMILES string of the molecule is COC(=O)N1CCN(S(=O)(=O)Cc2ccccc2C)CC1. The van der Waals surface area contributed by atoms with Crippen molar-refractivity contribution in [2.45, 2.75) is 12.7 Å². The third-order valence-electron chi connectivity index (χ3n) is 3.66. The van der Waals surface area contributed by atoms with Crippen molar-refractivity contribution in [1.82, 2.24) is 9.21 Å². The topological polar surface area (TPSA) is 66.9 Å². The number of ether oxygens (including phenoxy) is 1. The zero-order valence-corrected chi connectivity index (χ0v) is 13.1. The van der Waals surface area contributed by atoms with Gasteiger partial charge in [-0.15, -0.1) is 0 Å². The zero-order chi connectivity index (χ0) is 15.5. The van der Waals surface area contributed by atoms with E-state index in [9.17, 15) is 13.2 Å². The first-order valence-corrected chi connectivity index (χ1v) is 8.40. The smallest absolute Gasteiger partial charge is 0.409 e. The molecule has 0 unspecified atom stereocenters. The number of sulfonamides is 1. The van der Waals surface area contributed by atoms with Gasteiger partial charge in [0.2, 0.25) is 10.0 Å². The number of amides is 1. The Balaban J connectivity index is 2.02. The van der Waals surface area contributed by atoms with Crippen LogP contribution in [0.1, 0.15) is 11.1 Å². The summed E-state index contributed by atoms with van der Waals surface area (Å²) < 4.78 is 31.0. The van der Waals surface area contributed by atoms with E-state index in [1.54, 1.807) is 0 Å². The highest BCUT2D eigenvalue weighted by molar-refractivity contribution is 7.88. The van der Waals surface area contributed by atoms with Crippen LogP contribution in [0.3, 0.4) is 0 Å². The van der Waals surface area contributed by atoms with Crippen LogP contribution in [0, 0.1) is 6.92 Å². The summed E-state index contributed by atoms with van der Waals surface area (Å²) in [6.07, 6.45) is -0.411. The van der Waals surface area contributed by atoms with E-state index in [2.05, 4.69) is 4.74 Å². The molecule has 1 aromatic carbocycles. The molecule has 6 nitrogen and oxygen atoms in total. The van der Waals surface area contributed by atoms with Crippen LogP contribution in [0.2, 0.25) is 0 Å². The predicted octanol–water partition coefficient (Wildman–Crippen LogP) is 1.21. The van der Waals surface area contributed by atoms with Crippen molar-refractivity contribution < 1.29 is 17.9 Å². The minimum atomic E-state index is -3.36. The molecule has 1 aromatic rings. The Kier molecular flexibility index (Phi) is 4.84. The Hall–Kier alpha value is -1.60. The van der Waals surface area contributed by atoms with Gasteiger partial charge in [0, 0.05) is 26.2 Å². The molecule has 7 heteroatoms. The molecule has 1 heterocycles. The van der Waals surface area contributed by atoms with Gasteiger partial charge in [0.15, 0.2) is 0 Å². The molecule has 21 heavy (non-hydrogen) atoms. The molecule has 0 bridgehead atoms. The summed E-state index contributed by atoms with van der Waals surface area (Å²) in [5.41, 5.74) is 1.78. The Morgan fingerprint density at radius 2 is 1.81 bits per heavy atom. The van der Waals surface area contributed by atoms with E-state index in [0.717, 1.165) is 11.1 Å². The molecule has 1 aliphatic rings. The summed E-state index contributed by atoms with van der Waals surface area (Å²) in [7, 11) is -2.04. The van der Waals surface area contributed by atoms with E-state index in [4.69, 9.17) is 0 Å². The van der Waals surface area contributed by atoms with E-state index in [1.807, 2.05) is 31.2 Å². The molecule has 116 valence electrons. The first kappa shape index (κ1) is 15.8. The third kappa shape index (κ3) is 3.74. The Bertz CT molecular complexity index is 607. The lowest BCUT2D eigenvalue weighted by Gasteiger charge is -2.33. The number of aryl methyl sites for hydroxylation is 1. The Morgan fingerprint density at radius 1 is 1.19 bits per heavy atom. The van der Waals surface area contributed by atoms with Gasteiger partial charge in [0.1, 0.15) is 0 Å². The van der Waals surface area contributed by atoms with Crippen LogP contribution in [-0.2, 0) is 20.5 Å². The van der Waals surface area contributed by atoms with Crippen molar-refractivity contribution in [1.29, 1.82) is 0 Å². The number of benzene rings is 1. The summed E-state index contributed by atoms with van der Waals surface area (Å²) in [4.78, 5) is 12.9. The average Bonchev–Trinajstić information content (AvgIpc) is 2.49. The second-order valence-electron chi connectivity index (χ2n) is 5.04. The van der Waals surface area contributed by atoms with E-state index in [0.29, 0.717) is 26.2 Å². The number of methoxy groups -OCH3 is 1. The van der Waals surface area contributed by atoms with Gasteiger partial charge >= 0.3 is 6.09 Å². The number of rotatable bonds is 3. The number of carbonyl (C=O) groups excluding carboxylic acids is 1. The maximum absolute atomic E-state index is 12.4. The fourth-order valence-electron chi connectivity index (χ4n) is 2.34. The highest BCUT2D eigenvalue weighted by atomic mass is 32.2. The van der Waals surface area contributed by atoms with Crippen molar-refractivity contribution in [2.75, 3.05) is 33.3 Å². The van der Waals surface area contributed by atoms with Crippen molar-refractivity contribution in [3.05, 3.63) is 35.4 Å². The quantitative estimate of drug-likeness (QED) is 0.841. The lowest BCUT2D eigenvalue weighted by molar-refractivity contribution is 0.108. The van der Waals surface area contributed by atoms with E-state index < -0.39 is 16.1 Å². The summed E-state index contributed by atoms with van der Waals surface area (Å²) in [5.74, 6) is -0.00209. The minimum Gasteiger partial charge on any atom is -0.453 e. The molecule has 0 spiro atoms. The van der Waals surface area contributed by atoms with Gasteiger partial charge in [-0.3, -0.25) is 0 Å². The van der Waals surface area contributed by atoms with Crippen molar-refractivity contribution in [3.63, 3.8) is 0 Å². The predicted molar refractivity (Wildman–Crippen MR) is 79.4 cm³/mol. The van der Waals surface area contributed by atoms with Gasteiger partial charge in [-0.25, -0.2) is 13.2 Å². The third-order valence-corrected chi connectivity index (χ3v) is 5.49. The van der Waals surface area contributed by atoms with E-state index >= 15 is 0 Å². The molecule has 0 atom stereocenters. The molecule has 0 radical (unpaired) electrons. The maximum Gasteiger partial charge on any atom is 0.409 e. The van der Waals surface area contributed by atoms with Crippen LogP contribution in [0.4, 0.5) is 4.79 Å². The number of hydrogen-bond donors (Lipinski definition) is 0. The fraction of sp³-hybridized carbons (Fsp3) is 0.500. The second-order valence-corrected chi connectivity index (χ2v) is 7.01. The lowest BCUT2D eigenvalue weighted by Crippen LogP contribution is -2.50. The molecule has 2 rings (SSSR count). The van der Waals surface area contributed by atoms with Gasteiger partial charge in [0.05, 0.1) is 12.9 Å². The van der Waals surface area contributed by atoms with Crippen molar-refractivity contribution in [2.24, 2.45) is 0 Å². The number of nitrogens with zero attached hydrogens (tertiary/aromatic N) is 2. The maximum atomic E-state index is 12.4. The van der Waals surface area contributed by atoms with Crippen LogP contribution in [0.25, 0.3) is 0 Å². The monoisotopic (exact) mass is 312 g/mol. The largest absolute Gasteiger partial charge is 0.453 e. The van der Waals surface area contributed by atoms with Gasteiger partial charge in [-0.2, -0.15) is 4.31 Å². The lowest BCUT2D eigenvalue weighted by atomic mass is 10.1. The molecule has 1 amide bonds. The highest BCUT2D eigenvalue weighted by Crippen LogP contribution is 2.16. The van der Waals surface area contributed by atoms with Crippen LogP contribution in [0.5, 0.6) is 0 Å². The molecule has 1 aliphatic heterocycles. The Labute approximate surface area is 125 Å². The molecular formula is C14H20N2O4S. The van der Waals surface area contributed by atoms with Gasteiger partial charge < -0.3 is 9.64 Å². The first-order chi connectivity index (χ1) is 9.94. The standard InChI is InChI=1S/C14H20N2O4S/c1-12-5-3-4-6-13(12)11-21(18,19)16-9-7-15(8-10-16)14(17)20-2/h3-6H,7-11H2,1-2H3. The molecule has 0 saturated carbocycles. The zero-order valence-electron chi connectivity index (χ0n) is 12.3. The van der Waals surface area contributed by atoms with Crippen LogP contribution >= 0.6 is 0 Å². The molecule has 0 N–H and O–H groups in total. The fourth-order valence-corrected chi connectivity index (χ4v) is 3.96. The van der Waals surface area contributed by atoms with Crippen molar-refractivity contribution >= 4 is 16.1 Å². The number of piperazine rings is 1. The summed E-state index contributed by atoms with van der Waals surface area (Å²) >= 11 is 0. The van der Waals surface area contributed by atoms with E-state index in [-0.39, 0.29) is 5.75 Å². The molecule has 0 aromatic heterocycles. The van der Waals surface area contributed by atoms with E-state index in [1.165, 1.54) is 16.3 Å². The van der Waals surface area contributed by atoms with Crippen LogP contribution < -0.4 is 0 Å². The second kappa shape index (κ2) is 6.44. The normalized spacial score (nSPS) is 16.8. The summed E-state index contributed by atoms with van der Waals surface area (Å²) in [6.45, 7) is 3.24. The molecule has 1 saturated heterocycles. The van der Waals surface area contributed by atoms with Gasteiger partial charge in [-0.05, 0) is 18.1 Å². The molecular weight excluding hydrogens is 292 g/mol. The summed E-state index contributed by atoms with van der Waals surface area (Å²) in [5, 5.41) is 0. The average molecular weight is 312 g/mol. The number of hydrogen-bond acceptors (Lipinski definition) is 4. The molecule has 0 aliphatic carbocycles. The van der Waals surface area contributed by atoms with Gasteiger partial charge in [-0.1, -0.05) is 24.3 Å². The van der Waals surface area contributed by atoms with Crippen LogP contribution in [0.15, 0.2) is 24.3 Å². The van der Waals surface area contributed by atoms with Crippen molar-refractivity contribution in [3.8, 4) is 0 Å². The van der Waals surface area contributed by atoms with Gasteiger partial charge in [0.25, 0.3) is 0 Å². The number of carbonyl (C=O) groups is 1. The summed E-state index contributed by atoms with van der Waals surface area (Å²) in [6, 6.07) is 7.46.